The number of carbonyl (C=O) groups is 1. The Morgan fingerprint density at radius 2 is 1.57 bits per heavy atom. The van der Waals surface area contributed by atoms with Gasteiger partial charge < -0.3 is 20.1 Å². The number of ether oxygens (including phenoxy) is 1. The zero-order valence-corrected chi connectivity index (χ0v) is 21.3. The summed E-state index contributed by atoms with van der Waals surface area (Å²) in [5.74, 6) is 0.681. The normalized spacial score (nSPS) is 20.1. The zero-order chi connectivity index (χ0) is 25.3. The van der Waals surface area contributed by atoms with Crippen molar-refractivity contribution in [3.05, 3.63) is 53.6 Å². The number of aromatic hydroxyl groups is 2. The van der Waals surface area contributed by atoms with Gasteiger partial charge in [-0.15, -0.1) is 0 Å². The molecule has 1 aliphatic rings. The van der Waals surface area contributed by atoms with Crippen molar-refractivity contribution in [3.8, 4) is 17.2 Å². The Hall–Kier alpha value is -2.69. The molecule has 0 amide bonds. The molecule has 0 bridgehead atoms. The molecule has 0 saturated heterocycles. The molecule has 0 radical (unpaired) electrons. The Morgan fingerprint density at radius 3 is 2.26 bits per heavy atom. The highest BCUT2D eigenvalue weighted by atomic mass is 16.5. The van der Waals surface area contributed by atoms with Crippen LogP contribution in [-0.2, 0) is 10.2 Å². The molecule has 0 fully saturated rings. The maximum atomic E-state index is 11.4. The summed E-state index contributed by atoms with van der Waals surface area (Å²) in [6, 6.07) is 12.9. The Kier molecular flexibility index (Phi) is 9.88. The topological polar surface area (TPSA) is 87.0 Å². The van der Waals surface area contributed by atoms with Gasteiger partial charge in [-0.3, -0.25) is 4.79 Å². The summed E-state index contributed by atoms with van der Waals surface area (Å²) in [4.78, 5) is 11.4. The van der Waals surface area contributed by atoms with E-state index in [-0.39, 0.29) is 28.7 Å². The van der Waals surface area contributed by atoms with Crippen LogP contribution < -0.4 is 4.74 Å². The highest BCUT2D eigenvalue weighted by molar-refractivity contribution is 5.69. The monoisotopic (exact) mass is 482 g/mol. The van der Waals surface area contributed by atoms with Crippen LogP contribution in [0.5, 0.6) is 17.2 Å². The van der Waals surface area contributed by atoms with Crippen molar-refractivity contribution in [1.29, 1.82) is 0 Å². The van der Waals surface area contributed by atoms with E-state index in [0.717, 1.165) is 87.5 Å². The number of fused-ring (bicyclic) bond motifs is 1. The van der Waals surface area contributed by atoms with Crippen LogP contribution in [0, 0.1) is 5.92 Å². The van der Waals surface area contributed by atoms with Crippen LogP contribution in [0.4, 0.5) is 0 Å². The minimum Gasteiger partial charge on any atom is -0.508 e. The number of carboxylic acid groups (broad SMARTS) is 1. The fourth-order valence-electron chi connectivity index (χ4n) is 5.50. The molecule has 35 heavy (non-hydrogen) atoms. The van der Waals surface area contributed by atoms with Crippen LogP contribution in [-0.4, -0.2) is 27.9 Å². The second-order valence-electron chi connectivity index (χ2n) is 10.4. The molecule has 192 valence electrons. The molecule has 1 aliphatic heterocycles. The lowest BCUT2D eigenvalue weighted by atomic mass is 9.66. The minimum atomic E-state index is -0.639. The van der Waals surface area contributed by atoms with Gasteiger partial charge in [0.1, 0.15) is 17.2 Å². The third-order valence-corrected chi connectivity index (χ3v) is 7.75. The van der Waals surface area contributed by atoms with Crippen LogP contribution >= 0.6 is 0 Å². The molecule has 0 aliphatic carbocycles. The second-order valence-corrected chi connectivity index (χ2v) is 10.4. The van der Waals surface area contributed by atoms with Crippen LogP contribution in [0.1, 0.15) is 102 Å². The molecule has 5 heteroatoms. The first-order valence-corrected chi connectivity index (χ1v) is 13.3. The molecule has 5 nitrogen and oxygen atoms in total. The van der Waals surface area contributed by atoms with E-state index in [0.29, 0.717) is 6.61 Å². The van der Waals surface area contributed by atoms with E-state index in [1.807, 2.05) is 18.2 Å². The Labute approximate surface area is 210 Å². The number of phenols is 2. The summed E-state index contributed by atoms with van der Waals surface area (Å²) >= 11 is 0. The van der Waals surface area contributed by atoms with Crippen LogP contribution in [0.2, 0.25) is 0 Å². The van der Waals surface area contributed by atoms with E-state index in [2.05, 4.69) is 13.8 Å². The third-order valence-electron chi connectivity index (χ3n) is 7.75. The Balaban J connectivity index is 1.53. The molecule has 2 aromatic carbocycles. The molecular weight excluding hydrogens is 440 g/mol. The number of rotatable bonds is 14. The lowest BCUT2D eigenvalue weighted by molar-refractivity contribution is -0.142. The van der Waals surface area contributed by atoms with Gasteiger partial charge in [-0.1, -0.05) is 83.4 Å². The summed E-state index contributed by atoms with van der Waals surface area (Å²) in [5, 5.41) is 29.1. The van der Waals surface area contributed by atoms with Gasteiger partial charge in [0.2, 0.25) is 0 Å². The number of carboxylic acids is 1. The fourth-order valence-corrected chi connectivity index (χ4v) is 5.50. The SMILES string of the molecule is CCCCC(CCCCCCCCC1c2ccc(O)cc2OCC1(C)c1ccc(O)cc1)C(=O)O. The minimum absolute atomic E-state index is 0.180. The van der Waals surface area contributed by atoms with Crippen molar-refractivity contribution < 1.29 is 24.9 Å². The van der Waals surface area contributed by atoms with Gasteiger partial charge in [0.05, 0.1) is 12.5 Å². The molecule has 3 unspecified atom stereocenters. The van der Waals surface area contributed by atoms with Gasteiger partial charge in [-0.2, -0.15) is 0 Å². The summed E-state index contributed by atoms with van der Waals surface area (Å²) in [7, 11) is 0. The lowest BCUT2D eigenvalue weighted by Crippen LogP contribution is -2.40. The maximum Gasteiger partial charge on any atom is 0.306 e. The average Bonchev–Trinajstić information content (AvgIpc) is 2.84. The third kappa shape index (κ3) is 7.16. The van der Waals surface area contributed by atoms with Crippen LogP contribution in [0.3, 0.4) is 0 Å². The first-order chi connectivity index (χ1) is 16.8. The standard InChI is InChI=1S/C30H42O5/c1-3-4-11-22(29(33)34)12-9-7-5-6-8-10-13-27-26-19-18-25(32)20-28(26)35-21-30(27,2)23-14-16-24(31)17-15-23/h14-20,22,27,31-32H,3-13,21H2,1-2H3,(H,33,34). The number of benzene rings is 2. The van der Waals surface area contributed by atoms with Gasteiger partial charge in [-0.25, -0.2) is 0 Å². The van der Waals surface area contributed by atoms with E-state index in [4.69, 9.17) is 4.74 Å². The Bertz CT molecular complexity index is 938. The van der Waals surface area contributed by atoms with Crippen molar-refractivity contribution in [2.24, 2.45) is 5.92 Å². The fraction of sp³-hybridized carbons (Fsp3) is 0.567. The van der Waals surface area contributed by atoms with Crippen LogP contribution in [0.25, 0.3) is 0 Å². The lowest BCUT2D eigenvalue weighted by Gasteiger charge is -2.43. The maximum absolute atomic E-state index is 11.4. The quantitative estimate of drug-likeness (QED) is 0.242. The number of aliphatic carboxylic acids is 1. The smallest absolute Gasteiger partial charge is 0.306 e. The van der Waals surface area contributed by atoms with Gasteiger partial charge in [-0.05, 0) is 48.6 Å². The number of phenolic OH excluding ortho intramolecular Hbond substituents is 2. The van der Waals surface area contributed by atoms with Gasteiger partial charge in [0.25, 0.3) is 0 Å². The molecule has 0 spiro atoms. The van der Waals surface area contributed by atoms with E-state index >= 15 is 0 Å². The van der Waals surface area contributed by atoms with Gasteiger partial charge >= 0.3 is 5.97 Å². The van der Waals surface area contributed by atoms with Gasteiger partial charge in [0.15, 0.2) is 0 Å². The molecule has 1 heterocycles. The molecular formula is C30H42O5. The summed E-state index contributed by atoms with van der Waals surface area (Å²) in [5.41, 5.74) is 2.06. The largest absolute Gasteiger partial charge is 0.508 e. The second kappa shape index (κ2) is 12.9. The van der Waals surface area contributed by atoms with E-state index < -0.39 is 5.97 Å². The molecule has 0 saturated carbocycles. The molecule has 3 atom stereocenters. The summed E-state index contributed by atoms with van der Waals surface area (Å²) < 4.78 is 6.10. The van der Waals surface area contributed by atoms with Crippen molar-refractivity contribution in [2.45, 2.75) is 95.8 Å². The van der Waals surface area contributed by atoms with E-state index in [1.54, 1.807) is 24.3 Å². The summed E-state index contributed by atoms with van der Waals surface area (Å²) in [6.45, 7) is 4.87. The highest BCUT2D eigenvalue weighted by Gasteiger charge is 2.42. The molecule has 3 rings (SSSR count). The van der Waals surface area contributed by atoms with E-state index in [9.17, 15) is 20.1 Å². The van der Waals surface area contributed by atoms with Crippen LogP contribution in [0.15, 0.2) is 42.5 Å². The predicted molar refractivity (Wildman–Crippen MR) is 139 cm³/mol. The number of unbranched alkanes of at least 4 members (excludes halogenated alkanes) is 6. The predicted octanol–water partition coefficient (Wildman–Crippen LogP) is 7.54. The first kappa shape index (κ1) is 26.9. The van der Waals surface area contributed by atoms with Gasteiger partial charge in [0, 0.05) is 17.4 Å². The highest BCUT2D eigenvalue weighted by Crippen LogP contribution is 2.49. The Morgan fingerprint density at radius 1 is 0.943 bits per heavy atom. The first-order valence-electron chi connectivity index (χ1n) is 13.3. The number of hydrogen-bond donors (Lipinski definition) is 3. The molecule has 3 N–H and O–H groups in total. The zero-order valence-electron chi connectivity index (χ0n) is 21.3. The summed E-state index contributed by atoms with van der Waals surface area (Å²) in [6.07, 6.45) is 11.3. The van der Waals surface area contributed by atoms with Crippen molar-refractivity contribution in [2.75, 3.05) is 6.61 Å². The van der Waals surface area contributed by atoms with E-state index in [1.165, 1.54) is 0 Å². The van der Waals surface area contributed by atoms with Crippen molar-refractivity contribution >= 4 is 5.97 Å². The molecule has 2 aromatic rings. The number of hydrogen-bond acceptors (Lipinski definition) is 4. The average molecular weight is 483 g/mol. The molecule has 0 aromatic heterocycles. The van der Waals surface area contributed by atoms with Crippen molar-refractivity contribution in [1.82, 2.24) is 0 Å². The van der Waals surface area contributed by atoms with Crippen molar-refractivity contribution in [3.63, 3.8) is 0 Å².